The Morgan fingerprint density at radius 3 is 2.52 bits per heavy atom. The average molecular weight is 409 g/mol. The summed E-state index contributed by atoms with van der Waals surface area (Å²) in [4.78, 5) is 16.5. The van der Waals surface area contributed by atoms with Crippen molar-refractivity contribution in [3.8, 4) is 0 Å². The number of thiazole rings is 1. The van der Waals surface area contributed by atoms with Crippen molar-refractivity contribution < 1.29 is 22.7 Å². The molecule has 0 unspecified atom stereocenters. The molecule has 0 aliphatic rings. The topological polar surface area (TPSA) is 39.2 Å². The van der Waals surface area contributed by atoms with E-state index in [4.69, 9.17) is 4.74 Å². The molecule has 3 aromatic rings. The van der Waals surface area contributed by atoms with Crippen LogP contribution in [-0.2, 0) is 15.7 Å². The Kier molecular flexibility index (Phi) is 5.86. The molecule has 27 heavy (non-hydrogen) atoms. The third-order valence-electron chi connectivity index (χ3n) is 3.65. The van der Waals surface area contributed by atoms with Gasteiger partial charge in [0.15, 0.2) is 4.34 Å². The third kappa shape index (κ3) is 4.90. The molecule has 3 rings (SSSR count). The first-order valence-corrected chi connectivity index (χ1v) is 9.61. The Hall–Kier alpha value is -2.32. The van der Waals surface area contributed by atoms with E-state index in [0.29, 0.717) is 16.9 Å². The van der Waals surface area contributed by atoms with Crippen LogP contribution < -0.4 is 0 Å². The van der Waals surface area contributed by atoms with Crippen molar-refractivity contribution in [2.75, 3.05) is 12.9 Å². The van der Waals surface area contributed by atoms with E-state index in [1.54, 1.807) is 0 Å². The summed E-state index contributed by atoms with van der Waals surface area (Å²) in [6.07, 6.45) is -2.86. The zero-order valence-electron chi connectivity index (χ0n) is 14.1. The van der Waals surface area contributed by atoms with Gasteiger partial charge in [-0.3, -0.25) is 0 Å². The number of ether oxygens (including phenoxy) is 1. The van der Waals surface area contributed by atoms with Crippen molar-refractivity contribution in [3.63, 3.8) is 0 Å². The van der Waals surface area contributed by atoms with Gasteiger partial charge in [0.1, 0.15) is 0 Å². The SMILES string of the molecule is COC(=O)/C(=C/c1ccc(C(F)(F)F)cc1)CSc1nc2ccccc2s1. The van der Waals surface area contributed by atoms with E-state index in [1.807, 2.05) is 24.3 Å². The lowest BCUT2D eigenvalue weighted by atomic mass is 10.1. The predicted octanol–water partition coefficient (Wildman–Crippen LogP) is 5.66. The first-order valence-electron chi connectivity index (χ1n) is 7.81. The number of para-hydroxylation sites is 1. The molecule has 0 radical (unpaired) electrons. The highest BCUT2D eigenvalue weighted by Crippen LogP contribution is 2.32. The maximum Gasteiger partial charge on any atom is 0.416 e. The number of nitrogens with zero attached hydrogens (tertiary/aromatic N) is 1. The summed E-state index contributed by atoms with van der Waals surface area (Å²) >= 11 is 2.90. The highest BCUT2D eigenvalue weighted by Gasteiger charge is 2.29. The molecule has 0 aliphatic heterocycles. The van der Waals surface area contributed by atoms with Gasteiger partial charge in [-0.25, -0.2) is 9.78 Å². The van der Waals surface area contributed by atoms with Crippen LogP contribution in [0.3, 0.4) is 0 Å². The molecule has 3 nitrogen and oxygen atoms in total. The molecule has 8 heteroatoms. The number of benzene rings is 2. The van der Waals surface area contributed by atoms with Gasteiger partial charge >= 0.3 is 12.1 Å². The summed E-state index contributed by atoms with van der Waals surface area (Å²) in [6, 6.07) is 12.3. The highest BCUT2D eigenvalue weighted by atomic mass is 32.2. The molecule has 2 aromatic carbocycles. The van der Waals surface area contributed by atoms with Crippen LogP contribution in [0.15, 0.2) is 58.4 Å². The standard InChI is InChI=1S/C19H14F3NO2S2/c1-25-17(24)13(10-12-6-8-14(9-7-12)19(20,21)22)11-26-18-23-15-4-2-3-5-16(15)27-18/h2-10H,11H2,1H3/b13-10+. The van der Waals surface area contributed by atoms with E-state index < -0.39 is 17.7 Å². The minimum Gasteiger partial charge on any atom is -0.466 e. The molecule has 0 spiro atoms. The zero-order valence-corrected chi connectivity index (χ0v) is 15.8. The first kappa shape index (κ1) is 19.4. The van der Waals surface area contributed by atoms with Crippen LogP contribution >= 0.6 is 23.1 Å². The van der Waals surface area contributed by atoms with Gasteiger partial charge in [0, 0.05) is 11.3 Å². The largest absolute Gasteiger partial charge is 0.466 e. The van der Waals surface area contributed by atoms with Crippen LogP contribution in [0.25, 0.3) is 16.3 Å². The quantitative estimate of drug-likeness (QED) is 0.309. The van der Waals surface area contributed by atoms with Gasteiger partial charge in [-0.15, -0.1) is 11.3 Å². The summed E-state index contributed by atoms with van der Waals surface area (Å²) in [5.74, 6) is -0.225. The Bertz CT molecular complexity index is 946. The van der Waals surface area contributed by atoms with Crippen molar-refractivity contribution >= 4 is 45.4 Å². The summed E-state index contributed by atoms with van der Waals surface area (Å²) in [5, 5.41) is 0. The Balaban J connectivity index is 1.79. The van der Waals surface area contributed by atoms with E-state index in [9.17, 15) is 18.0 Å². The minimum absolute atomic E-state index is 0.299. The molecular formula is C19H14F3NO2S2. The van der Waals surface area contributed by atoms with Crippen LogP contribution in [0.4, 0.5) is 13.2 Å². The van der Waals surface area contributed by atoms with Gasteiger partial charge in [0.25, 0.3) is 0 Å². The van der Waals surface area contributed by atoms with E-state index in [2.05, 4.69) is 4.98 Å². The highest BCUT2D eigenvalue weighted by molar-refractivity contribution is 8.01. The molecule has 0 fully saturated rings. The summed E-state index contributed by atoms with van der Waals surface area (Å²) in [7, 11) is 1.27. The fourth-order valence-corrected chi connectivity index (χ4v) is 4.33. The van der Waals surface area contributed by atoms with E-state index in [-0.39, 0.29) is 0 Å². The molecule has 0 amide bonds. The number of fused-ring (bicyclic) bond motifs is 1. The van der Waals surface area contributed by atoms with Crippen LogP contribution in [0, 0.1) is 0 Å². The molecule has 140 valence electrons. The van der Waals surface area contributed by atoms with Crippen molar-refractivity contribution in [3.05, 3.63) is 65.2 Å². The number of rotatable bonds is 5. The number of thioether (sulfide) groups is 1. The van der Waals surface area contributed by atoms with Gasteiger partial charge in [0.2, 0.25) is 0 Å². The number of hydrogen-bond acceptors (Lipinski definition) is 5. The predicted molar refractivity (Wildman–Crippen MR) is 102 cm³/mol. The molecular weight excluding hydrogens is 395 g/mol. The lowest BCUT2D eigenvalue weighted by molar-refractivity contribution is -0.138. The van der Waals surface area contributed by atoms with Crippen LogP contribution in [0.1, 0.15) is 11.1 Å². The van der Waals surface area contributed by atoms with Crippen molar-refractivity contribution in [2.24, 2.45) is 0 Å². The molecule has 0 atom stereocenters. The summed E-state index contributed by atoms with van der Waals surface area (Å²) < 4.78 is 44.6. The fraction of sp³-hybridized carbons (Fsp3) is 0.158. The maximum absolute atomic E-state index is 12.7. The number of esters is 1. The Morgan fingerprint density at radius 1 is 1.19 bits per heavy atom. The zero-order chi connectivity index (χ0) is 19.4. The number of halogens is 3. The smallest absolute Gasteiger partial charge is 0.416 e. The number of aromatic nitrogens is 1. The fourth-order valence-electron chi connectivity index (χ4n) is 2.31. The Morgan fingerprint density at radius 2 is 1.89 bits per heavy atom. The van der Waals surface area contributed by atoms with E-state index in [0.717, 1.165) is 26.7 Å². The monoisotopic (exact) mass is 409 g/mol. The number of carbonyl (C=O) groups excluding carboxylic acids is 1. The number of carbonyl (C=O) groups is 1. The van der Waals surface area contributed by atoms with E-state index >= 15 is 0 Å². The van der Waals surface area contributed by atoms with Crippen LogP contribution in [0.2, 0.25) is 0 Å². The van der Waals surface area contributed by atoms with Gasteiger partial charge in [0.05, 0.1) is 22.9 Å². The van der Waals surface area contributed by atoms with Crippen molar-refractivity contribution in [1.82, 2.24) is 4.98 Å². The van der Waals surface area contributed by atoms with Gasteiger partial charge < -0.3 is 4.74 Å². The molecule has 0 N–H and O–H groups in total. The van der Waals surface area contributed by atoms with Gasteiger partial charge in [-0.05, 0) is 35.9 Å². The second kappa shape index (κ2) is 8.14. The van der Waals surface area contributed by atoms with E-state index in [1.165, 1.54) is 48.4 Å². The number of alkyl halides is 3. The van der Waals surface area contributed by atoms with Gasteiger partial charge in [-0.1, -0.05) is 36.0 Å². The first-order chi connectivity index (χ1) is 12.9. The normalized spacial score (nSPS) is 12.4. The molecule has 0 bridgehead atoms. The summed E-state index contributed by atoms with van der Waals surface area (Å²) in [6.45, 7) is 0. The summed E-state index contributed by atoms with van der Waals surface area (Å²) in [5.41, 5.74) is 0.995. The average Bonchev–Trinajstić information content (AvgIpc) is 3.07. The molecule has 0 saturated heterocycles. The second-order valence-electron chi connectivity index (χ2n) is 5.52. The molecule has 0 saturated carbocycles. The number of methoxy groups -OCH3 is 1. The minimum atomic E-state index is -4.39. The number of hydrogen-bond donors (Lipinski definition) is 0. The Labute approximate surface area is 161 Å². The van der Waals surface area contributed by atoms with Crippen LogP contribution in [-0.4, -0.2) is 23.8 Å². The van der Waals surface area contributed by atoms with Crippen LogP contribution in [0.5, 0.6) is 0 Å². The molecule has 0 aliphatic carbocycles. The van der Waals surface area contributed by atoms with Crippen molar-refractivity contribution in [2.45, 2.75) is 10.5 Å². The van der Waals surface area contributed by atoms with Gasteiger partial charge in [-0.2, -0.15) is 13.2 Å². The maximum atomic E-state index is 12.7. The van der Waals surface area contributed by atoms with Crippen molar-refractivity contribution in [1.29, 1.82) is 0 Å². The third-order valence-corrected chi connectivity index (χ3v) is 5.88. The molecule has 1 aromatic heterocycles. The lowest BCUT2D eigenvalue weighted by Gasteiger charge is -2.07. The lowest BCUT2D eigenvalue weighted by Crippen LogP contribution is -2.07. The second-order valence-corrected chi connectivity index (χ2v) is 7.77. The molecule has 1 heterocycles.